The third kappa shape index (κ3) is 2.59. The Morgan fingerprint density at radius 3 is 2.81 bits per heavy atom. The zero-order valence-electron chi connectivity index (χ0n) is 13.4. The minimum absolute atomic E-state index is 0.200. The van der Waals surface area contributed by atoms with Crippen LogP contribution in [-0.2, 0) is 4.79 Å². The summed E-state index contributed by atoms with van der Waals surface area (Å²) in [5.74, 6) is 0.833. The monoisotopic (exact) mass is 286 g/mol. The van der Waals surface area contributed by atoms with Crippen molar-refractivity contribution in [3.8, 4) is 0 Å². The highest BCUT2D eigenvalue weighted by Gasteiger charge is 2.43. The molecule has 0 bridgehead atoms. The molecule has 0 unspecified atom stereocenters. The zero-order valence-corrected chi connectivity index (χ0v) is 13.4. The molecule has 2 fully saturated rings. The molecule has 0 aliphatic carbocycles. The standard InChI is InChI=1S/C18H26N2O/c1-13-6-4-5-7-16(13)15-10-14(2)20(11-15)17(21)18(3)8-9-19-12-18/h4-7,14-15,19H,8-12H2,1-3H3/t14-,15-,18+/m1/s1. The summed E-state index contributed by atoms with van der Waals surface area (Å²) in [6.45, 7) is 9.15. The number of carbonyl (C=O) groups excluding carboxylic acids is 1. The Labute approximate surface area is 127 Å². The van der Waals surface area contributed by atoms with E-state index in [1.54, 1.807) is 0 Å². The molecule has 2 saturated heterocycles. The van der Waals surface area contributed by atoms with Gasteiger partial charge in [0.25, 0.3) is 0 Å². The SMILES string of the molecule is Cc1ccccc1[C@@H]1C[C@@H](C)N(C(=O)[C@@]2(C)CCNC2)C1. The number of carbonyl (C=O) groups is 1. The van der Waals surface area contributed by atoms with E-state index in [4.69, 9.17) is 0 Å². The van der Waals surface area contributed by atoms with Crippen LogP contribution in [0.15, 0.2) is 24.3 Å². The highest BCUT2D eigenvalue weighted by molar-refractivity contribution is 5.83. The van der Waals surface area contributed by atoms with Crippen molar-refractivity contribution in [2.45, 2.75) is 45.6 Å². The molecular formula is C18H26N2O. The van der Waals surface area contributed by atoms with Crippen molar-refractivity contribution in [1.82, 2.24) is 10.2 Å². The van der Waals surface area contributed by atoms with Gasteiger partial charge in [-0.05, 0) is 51.3 Å². The summed E-state index contributed by atoms with van der Waals surface area (Å²) in [6.07, 6.45) is 2.05. The Kier molecular flexibility index (Phi) is 3.78. The minimum atomic E-state index is -0.200. The van der Waals surface area contributed by atoms with Crippen molar-refractivity contribution in [2.24, 2.45) is 5.41 Å². The maximum Gasteiger partial charge on any atom is 0.230 e. The lowest BCUT2D eigenvalue weighted by molar-refractivity contribution is -0.140. The second-order valence-corrected chi connectivity index (χ2v) is 7.08. The van der Waals surface area contributed by atoms with Crippen LogP contribution in [0.1, 0.15) is 43.7 Å². The third-order valence-corrected chi connectivity index (χ3v) is 5.35. The molecule has 1 amide bonds. The number of nitrogens with one attached hydrogen (secondary N) is 1. The molecule has 1 aromatic rings. The fourth-order valence-corrected chi connectivity index (χ4v) is 3.93. The average Bonchev–Trinajstić information content (AvgIpc) is 3.06. The molecule has 1 aromatic carbocycles. The first kappa shape index (κ1) is 14.6. The first-order valence-corrected chi connectivity index (χ1v) is 8.08. The lowest BCUT2D eigenvalue weighted by atomic mass is 9.88. The molecule has 114 valence electrons. The summed E-state index contributed by atoms with van der Waals surface area (Å²) in [5.41, 5.74) is 2.56. The highest BCUT2D eigenvalue weighted by Crippen LogP contribution is 2.37. The first-order valence-electron chi connectivity index (χ1n) is 8.08. The summed E-state index contributed by atoms with van der Waals surface area (Å²) in [7, 11) is 0. The van der Waals surface area contributed by atoms with Crippen molar-refractivity contribution in [3.05, 3.63) is 35.4 Å². The zero-order chi connectivity index (χ0) is 15.0. The normalized spacial score (nSPS) is 32.6. The molecular weight excluding hydrogens is 260 g/mol. The number of likely N-dealkylation sites (tertiary alicyclic amines) is 1. The fraction of sp³-hybridized carbons (Fsp3) is 0.611. The number of rotatable bonds is 2. The molecule has 0 radical (unpaired) electrons. The van der Waals surface area contributed by atoms with Gasteiger partial charge in [-0.15, -0.1) is 0 Å². The van der Waals surface area contributed by atoms with Gasteiger partial charge in [0, 0.05) is 25.0 Å². The van der Waals surface area contributed by atoms with Gasteiger partial charge in [-0.3, -0.25) is 4.79 Å². The van der Waals surface area contributed by atoms with Crippen LogP contribution in [0.3, 0.4) is 0 Å². The summed E-state index contributed by atoms with van der Waals surface area (Å²) >= 11 is 0. The maximum atomic E-state index is 12.9. The highest BCUT2D eigenvalue weighted by atomic mass is 16.2. The van der Waals surface area contributed by atoms with Crippen molar-refractivity contribution in [1.29, 1.82) is 0 Å². The Hall–Kier alpha value is -1.35. The van der Waals surface area contributed by atoms with Crippen molar-refractivity contribution in [3.63, 3.8) is 0 Å². The Morgan fingerprint density at radius 2 is 2.14 bits per heavy atom. The van der Waals surface area contributed by atoms with E-state index < -0.39 is 0 Å². The van der Waals surface area contributed by atoms with E-state index in [2.05, 4.69) is 55.3 Å². The Bertz CT molecular complexity index is 534. The number of nitrogens with zero attached hydrogens (tertiary/aromatic N) is 1. The second kappa shape index (κ2) is 5.45. The molecule has 3 nitrogen and oxygen atoms in total. The lowest BCUT2D eigenvalue weighted by Gasteiger charge is -2.31. The summed E-state index contributed by atoms with van der Waals surface area (Å²) in [5, 5.41) is 3.34. The van der Waals surface area contributed by atoms with Gasteiger partial charge in [-0.25, -0.2) is 0 Å². The van der Waals surface area contributed by atoms with Crippen molar-refractivity contribution >= 4 is 5.91 Å². The predicted octanol–water partition coefficient (Wildman–Crippen LogP) is 2.70. The van der Waals surface area contributed by atoms with Gasteiger partial charge < -0.3 is 10.2 Å². The van der Waals surface area contributed by atoms with E-state index in [1.165, 1.54) is 11.1 Å². The number of benzene rings is 1. The number of hydrogen-bond acceptors (Lipinski definition) is 2. The predicted molar refractivity (Wildman–Crippen MR) is 85.3 cm³/mol. The van der Waals surface area contributed by atoms with E-state index >= 15 is 0 Å². The van der Waals surface area contributed by atoms with Crippen LogP contribution in [0.2, 0.25) is 0 Å². The molecule has 0 aromatic heterocycles. The van der Waals surface area contributed by atoms with Crippen LogP contribution < -0.4 is 5.32 Å². The van der Waals surface area contributed by atoms with Crippen LogP contribution in [0.4, 0.5) is 0 Å². The molecule has 1 N–H and O–H groups in total. The summed E-state index contributed by atoms with van der Waals surface area (Å²) in [4.78, 5) is 15.1. The molecule has 21 heavy (non-hydrogen) atoms. The van der Waals surface area contributed by atoms with Crippen molar-refractivity contribution < 1.29 is 4.79 Å². The molecule has 2 heterocycles. The van der Waals surface area contributed by atoms with E-state index in [0.717, 1.165) is 32.5 Å². The van der Waals surface area contributed by atoms with Gasteiger partial charge in [0.2, 0.25) is 5.91 Å². The molecule has 3 atom stereocenters. The van der Waals surface area contributed by atoms with Gasteiger partial charge in [-0.2, -0.15) is 0 Å². The van der Waals surface area contributed by atoms with E-state index in [0.29, 0.717) is 17.9 Å². The van der Waals surface area contributed by atoms with Gasteiger partial charge in [0.15, 0.2) is 0 Å². The van der Waals surface area contributed by atoms with Crippen LogP contribution >= 0.6 is 0 Å². The number of aryl methyl sites for hydroxylation is 1. The molecule has 0 saturated carbocycles. The molecule has 2 aliphatic rings. The average molecular weight is 286 g/mol. The van der Waals surface area contributed by atoms with E-state index in [1.807, 2.05) is 0 Å². The minimum Gasteiger partial charge on any atom is -0.339 e. The van der Waals surface area contributed by atoms with E-state index in [-0.39, 0.29) is 5.41 Å². The van der Waals surface area contributed by atoms with Gasteiger partial charge in [-0.1, -0.05) is 24.3 Å². The van der Waals surface area contributed by atoms with Crippen LogP contribution in [0.5, 0.6) is 0 Å². The topological polar surface area (TPSA) is 32.3 Å². The van der Waals surface area contributed by atoms with Gasteiger partial charge in [0.1, 0.15) is 0 Å². The second-order valence-electron chi connectivity index (χ2n) is 7.08. The molecule has 2 aliphatic heterocycles. The van der Waals surface area contributed by atoms with Gasteiger partial charge in [0.05, 0.1) is 5.41 Å². The maximum absolute atomic E-state index is 12.9. The Morgan fingerprint density at radius 1 is 1.38 bits per heavy atom. The molecule has 3 rings (SSSR count). The Balaban J connectivity index is 1.77. The first-order chi connectivity index (χ1) is 10.0. The quantitative estimate of drug-likeness (QED) is 0.906. The van der Waals surface area contributed by atoms with Crippen molar-refractivity contribution in [2.75, 3.05) is 19.6 Å². The van der Waals surface area contributed by atoms with Crippen LogP contribution in [-0.4, -0.2) is 36.5 Å². The third-order valence-electron chi connectivity index (χ3n) is 5.35. The van der Waals surface area contributed by atoms with Crippen LogP contribution in [0, 0.1) is 12.3 Å². The fourth-order valence-electron chi connectivity index (χ4n) is 3.93. The number of amides is 1. The van der Waals surface area contributed by atoms with Crippen LogP contribution in [0.25, 0.3) is 0 Å². The number of hydrogen-bond donors (Lipinski definition) is 1. The smallest absolute Gasteiger partial charge is 0.230 e. The summed E-state index contributed by atoms with van der Waals surface area (Å²) < 4.78 is 0. The van der Waals surface area contributed by atoms with E-state index in [9.17, 15) is 4.79 Å². The molecule has 3 heteroatoms. The summed E-state index contributed by atoms with van der Waals surface area (Å²) in [6, 6.07) is 8.94. The van der Waals surface area contributed by atoms with Gasteiger partial charge >= 0.3 is 0 Å². The molecule has 0 spiro atoms. The largest absolute Gasteiger partial charge is 0.339 e. The lowest BCUT2D eigenvalue weighted by Crippen LogP contribution is -2.45.